The lowest BCUT2D eigenvalue weighted by Crippen LogP contribution is -2.27. The van der Waals surface area contributed by atoms with Gasteiger partial charge in [0.15, 0.2) is 0 Å². The van der Waals surface area contributed by atoms with Crippen molar-refractivity contribution < 1.29 is 8.78 Å². The van der Waals surface area contributed by atoms with Gasteiger partial charge in [-0.1, -0.05) is 24.3 Å². The van der Waals surface area contributed by atoms with E-state index in [-0.39, 0.29) is 23.6 Å². The molecule has 0 spiro atoms. The zero-order valence-corrected chi connectivity index (χ0v) is 15.5. The van der Waals surface area contributed by atoms with Gasteiger partial charge in [0.1, 0.15) is 11.6 Å². The van der Waals surface area contributed by atoms with E-state index >= 15 is 0 Å². The first kappa shape index (κ1) is 18.5. The third-order valence-electron chi connectivity index (χ3n) is 5.27. The van der Waals surface area contributed by atoms with Crippen LogP contribution < -0.4 is 5.73 Å². The lowest BCUT2D eigenvalue weighted by Gasteiger charge is -2.26. The second kappa shape index (κ2) is 8.02. The summed E-state index contributed by atoms with van der Waals surface area (Å²) in [5.74, 6) is -0.252. The number of nitrogens with two attached hydrogens (primary N) is 1. The molecular weight excluding hydrogens is 358 g/mol. The predicted octanol–water partition coefficient (Wildman–Crippen LogP) is 4.38. The van der Waals surface area contributed by atoms with E-state index in [0.29, 0.717) is 0 Å². The molecule has 0 radical (unpaired) electrons. The van der Waals surface area contributed by atoms with Crippen molar-refractivity contribution in [2.75, 3.05) is 18.8 Å². The van der Waals surface area contributed by atoms with Gasteiger partial charge in [0.25, 0.3) is 0 Å². The molecule has 0 aliphatic carbocycles. The Balaban J connectivity index is 1.59. The molecule has 1 aliphatic rings. The van der Waals surface area contributed by atoms with Crippen LogP contribution in [0.4, 0.5) is 14.7 Å². The van der Waals surface area contributed by atoms with E-state index in [9.17, 15) is 8.78 Å². The Hall–Kier alpha value is -2.86. The molecule has 1 saturated heterocycles. The highest BCUT2D eigenvalue weighted by atomic mass is 19.1. The number of hydrogen-bond acceptors (Lipinski definition) is 4. The fourth-order valence-corrected chi connectivity index (χ4v) is 3.84. The quantitative estimate of drug-likeness (QED) is 0.714. The molecule has 0 amide bonds. The molecule has 2 N–H and O–H groups in total. The number of anilines is 1. The number of rotatable bonds is 5. The first-order valence-electron chi connectivity index (χ1n) is 9.47. The third kappa shape index (κ3) is 4.02. The van der Waals surface area contributed by atoms with E-state index in [4.69, 9.17) is 5.73 Å². The summed E-state index contributed by atoms with van der Waals surface area (Å²) in [6.07, 6.45) is 4.61. The van der Waals surface area contributed by atoms with E-state index < -0.39 is 0 Å². The van der Waals surface area contributed by atoms with E-state index in [0.717, 1.165) is 54.7 Å². The molecule has 6 heteroatoms. The van der Waals surface area contributed by atoms with Crippen molar-refractivity contribution in [1.82, 2.24) is 14.9 Å². The van der Waals surface area contributed by atoms with Crippen molar-refractivity contribution in [3.05, 3.63) is 77.6 Å². The lowest BCUT2D eigenvalue weighted by molar-refractivity contribution is 0.257. The van der Waals surface area contributed by atoms with Gasteiger partial charge in [0.2, 0.25) is 5.95 Å². The number of halogens is 2. The van der Waals surface area contributed by atoms with E-state index in [2.05, 4.69) is 14.9 Å². The van der Waals surface area contributed by atoms with Crippen LogP contribution in [0.5, 0.6) is 0 Å². The molecule has 2 aromatic carbocycles. The topological polar surface area (TPSA) is 55.0 Å². The number of nitrogen functional groups attached to an aromatic ring is 1. The minimum Gasteiger partial charge on any atom is -0.368 e. The predicted molar refractivity (Wildman–Crippen MR) is 105 cm³/mol. The lowest BCUT2D eigenvalue weighted by atomic mass is 9.99. The second-order valence-electron chi connectivity index (χ2n) is 7.10. The second-order valence-corrected chi connectivity index (χ2v) is 7.10. The van der Waals surface area contributed by atoms with Gasteiger partial charge < -0.3 is 5.73 Å². The minimum atomic E-state index is -0.275. The van der Waals surface area contributed by atoms with Crippen LogP contribution >= 0.6 is 0 Å². The summed E-state index contributed by atoms with van der Waals surface area (Å²) in [5, 5.41) is 0. The normalized spacial score (nSPS) is 17.1. The molecule has 2 heterocycles. The smallest absolute Gasteiger partial charge is 0.220 e. The number of aromatic nitrogens is 2. The van der Waals surface area contributed by atoms with Crippen molar-refractivity contribution in [3.63, 3.8) is 0 Å². The molecule has 4 nitrogen and oxygen atoms in total. The van der Waals surface area contributed by atoms with Gasteiger partial charge in [-0.25, -0.2) is 18.7 Å². The SMILES string of the molecule is Nc1ncc(-c2ccc(F)cc2)c([C@H]2CCCN2CCc2ccc(F)cc2)n1. The van der Waals surface area contributed by atoms with Gasteiger partial charge >= 0.3 is 0 Å². The van der Waals surface area contributed by atoms with E-state index in [1.54, 1.807) is 18.3 Å². The fraction of sp³-hybridized carbons (Fsp3) is 0.273. The highest BCUT2D eigenvalue weighted by molar-refractivity contribution is 5.66. The molecule has 3 aromatic rings. The maximum atomic E-state index is 13.3. The summed E-state index contributed by atoms with van der Waals surface area (Å²) in [4.78, 5) is 11.1. The largest absolute Gasteiger partial charge is 0.368 e. The Kier molecular flexibility index (Phi) is 5.30. The Morgan fingerprint density at radius 1 is 1.00 bits per heavy atom. The fourth-order valence-electron chi connectivity index (χ4n) is 3.84. The Bertz CT molecular complexity index is 942. The van der Waals surface area contributed by atoms with Gasteiger partial charge in [0.05, 0.1) is 11.7 Å². The zero-order valence-electron chi connectivity index (χ0n) is 15.5. The van der Waals surface area contributed by atoms with Crippen molar-refractivity contribution in [2.24, 2.45) is 0 Å². The molecule has 28 heavy (non-hydrogen) atoms. The molecule has 144 valence electrons. The average molecular weight is 380 g/mol. The van der Waals surface area contributed by atoms with Gasteiger partial charge in [-0.3, -0.25) is 4.90 Å². The zero-order chi connectivity index (χ0) is 19.5. The number of benzene rings is 2. The van der Waals surface area contributed by atoms with E-state index in [1.165, 1.54) is 24.3 Å². The molecule has 0 unspecified atom stereocenters. The summed E-state index contributed by atoms with van der Waals surface area (Å²) < 4.78 is 26.5. The van der Waals surface area contributed by atoms with Crippen LogP contribution in [0.25, 0.3) is 11.1 Å². The summed E-state index contributed by atoms with van der Waals surface area (Å²) >= 11 is 0. The third-order valence-corrected chi connectivity index (χ3v) is 5.27. The first-order valence-corrected chi connectivity index (χ1v) is 9.47. The van der Waals surface area contributed by atoms with Crippen LogP contribution in [0.3, 0.4) is 0 Å². The summed E-state index contributed by atoms with van der Waals surface area (Å²) in [7, 11) is 0. The number of likely N-dealkylation sites (tertiary alicyclic amines) is 1. The van der Waals surface area contributed by atoms with Gasteiger partial charge in [-0.05, 0) is 61.2 Å². The van der Waals surface area contributed by atoms with E-state index in [1.807, 2.05) is 12.1 Å². The molecule has 4 rings (SSSR count). The van der Waals surface area contributed by atoms with Crippen molar-refractivity contribution in [1.29, 1.82) is 0 Å². The first-order chi connectivity index (χ1) is 13.6. The Morgan fingerprint density at radius 3 is 2.39 bits per heavy atom. The molecule has 1 aliphatic heterocycles. The van der Waals surface area contributed by atoms with Crippen LogP contribution in [-0.2, 0) is 6.42 Å². The summed E-state index contributed by atoms with van der Waals surface area (Å²) in [6.45, 7) is 1.82. The van der Waals surface area contributed by atoms with Crippen LogP contribution in [0.2, 0.25) is 0 Å². The average Bonchev–Trinajstić information content (AvgIpc) is 3.17. The molecule has 1 fully saturated rings. The van der Waals surface area contributed by atoms with Crippen LogP contribution in [-0.4, -0.2) is 28.0 Å². The highest BCUT2D eigenvalue weighted by Crippen LogP contribution is 2.36. The summed E-state index contributed by atoms with van der Waals surface area (Å²) in [5.41, 5.74) is 9.63. The number of hydrogen-bond donors (Lipinski definition) is 1. The monoisotopic (exact) mass is 380 g/mol. The minimum absolute atomic E-state index is 0.130. The van der Waals surface area contributed by atoms with Crippen LogP contribution in [0.15, 0.2) is 54.7 Å². The summed E-state index contributed by atoms with van der Waals surface area (Å²) in [6, 6.07) is 13.1. The molecule has 1 aromatic heterocycles. The molecule has 0 bridgehead atoms. The highest BCUT2D eigenvalue weighted by Gasteiger charge is 2.29. The molecular formula is C22H22F2N4. The molecule has 0 saturated carbocycles. The maximum Gasteiger partial charge on any atom is 0.220 e. The molecule has 1 atom stereocenters. The van der Waals surface area contributed by atoms with Gasteiger partial charge in [0, 0.05) is 18.3 Å². The van der Waals surface area contributed by atoms with Crippen LogP contribution in [0.1, 0.15) is 30.1 Å². The van der Waals surface area contributed by atoms with Gasteiger partial charge in [-0.2, -0.15) is 0 Å². The van der Waals surface area contributed by atoms with Crippen LogP contribution in [0, 0.1) is 11.6 Å². The van der Waals surface area contributed by atoms with Crippen molar-refractivity contribution >= 4 is 5.95 Å². The Morgan fingerprint density at radius 2 is 1.68 bits per heavy atom. The maximum absolute atomic E-state index is 13.3. The van der Waals surface area contributed by atoms with Crippen molar-refractivity contribution in [2.45, 2.75) is 25.3 Å². The van der Waals surface area contributed by atoms with Gasteiger partial charge in [-0.15, -0.1) is 0 Å². The number of nitrogens with zero attached hydrogens (tertiary/aromatic N) is 3. The van der Waals surface area contributed by atoms with Crippen molar-refractivity contribution in [3.8, 4) is 11.1 Å². The standard InChI is InChI=1S/C22H22F2N4/c23-17-7-3-15(4-8-17)11-13-28-12-1-2-20(28)21-19(14-26-22(25)27-21)16-5-9-18(24)10-6-16/h3-10,14,20H,1-2,11-13H2,(H2,25,26,27)/t20-/m1/s1. The Labute approximate surface area is 163 Å².